The third-order valence-electron chi connectivity index (χ3n) is 2.61. The van der Waals surface area contributed by atoms with Gasteiger partial charge in [0.05, 0.1) is 0 Å². The second-order valence-electron chi connectivity index (χ2n) is 4.26. The maximum Gasteiger partial charge on any atom is 0.104 e. The van der Waals surface area contributed by atoms with Crippen molar-refractivity contribution in [1.82, 2.24) is 5.32 Å². The summed E-state index contributed by atoms with van der Waals surface area (Å²) in [5.41, 5.74) is 0. The molecule has 0 bridgehead atoms. The highest BCUT2D eigenvalue weighted by Crippen LogP contribution is 2.25. The highest BCUT2D eigenvalue weighted by Gasteiger charge is 2.23. The van der Waals surface area contributed by atoms with E-state index in [1.165, 1.54) is 0 Å². The highest BCUT2D eigenvalue weighted by atomic mass is 32.1. The molecule has 0 amide bonds. The minimum Gasteiger partial charge on any atom is -0.396 e. The molecule has 0 saturated carbocycles. The third kappa shape index (κ3) is 3.87. The summed E-state index contributed by atoms with van der Waals surface area (Å²) in [7, 11) is 0. The first-order chi connectivity index (χ1) is 7.66. The van der Waals surface area contributed by atoms with Crippen LogP contribution >= 0.6 is 11.3 Å². The van der Waals surface area contributed by atoms with Gasteiger partial charge in [0.1, 0.15) is 6.10 Å². The SMILES string of the molecule is CC(C)C(NCCCO)C(O)c1cccs1. The molecular weight excluding hydrogens is 222 g/mol. The van der Waals surface area contributed by atoms with Gasteiger partial charge in [-0.25, -0.2) is 0 Å². The Morgan fingerprint density at radius 3 is 2.69 bits per heavy atom. The van der Waals surface area contributed by atoms with Crippen LogP contribution in [0.15, 0.2) is 17.5 Å². The molecule has 92 valence electrons. The lowest BCUT2D eigenvalue weighted by Gasteiger charge is -2.27. The van der Waals surface area contributed by atoms with E-state index >= 15 is 0 Å². The Kier molecular flexibility index (Phi) is 5.98. The molecule has 3 N–H and O–H groups in total. The molecular formula is C12H21NO2S. The molecule has 3 nitrogen and oxygen atoms in total. The minimum atomic E-state index is -0.460. The lowest BCUT2D eigenvalue weighted by atomic mass is 9.97. The van der Waals surface area contributed by atoms with Gasteiger partial charge in [-0.3, -0.25) is 0 Å². The van der Waals surface area contributed by atoms with E-state index in [-0.39, 0.29) is 12.6 Å². The molecule has 0 saturated heterocycles. The average Bonchev–Trinajstić information content (AvgIpc) is 2.76. The van der Waals surface area contributed by atoms with Crippen LogP contribution in [0.3, 0.4) is 0 Å². The van der Waals surface area contributed by atoms with Crippen LogP contribution < -0.4 is 5.32 Å². The van der Waals surface area contributed by atoms with Gasteiger partial charge in [0, 0.05) is 17.5 Å². The van der Waals surface area contributed by atoms with Gasteiger partial charge in [0.2, 0.25) is 0 Å². The molecule has 0 aliphatic heterocycles. The fourth-order valence-electron chi connectivity index (χ4n) is 1.70. The number of aliphatic hydroxyl groups is 2. The molecule has 0 fully saturated rings. The van der Waals surface area contributed by atoms with Crippen molar-refractivity contribution in [1.29, 1.82) is 0 Å². The molecule has 0 aliphatic carbocycles. The summed E-state index contributed by atoms with van der Waals surface area (Å²) in [6.45, 7) is 5.11. The monoisotopic (exact) mass is 243 g/mol. The second-order valence-corrected chi connectivity index (χ2v) is 5.24. The first-order valence-corrected chi connectivity index (χ1v) is 6.60. The van der Waals surface area contributed by atoms with Crippen molar-refractivity contribution in [3.63, 3.8) is 0 Å². The zero-order valence-corrected chi connectivity index (χ0v) is 10.7. The molecule has 2 unspecified atom stereocenters. The molecule has 4 heteroatoms. The van der Waals surface area contributed by atoms with E-state index in [2.05, 4.69) is 19.2 Å². The van der Waals surface area contributed by atoms with Crippen LogP contribution in [-0.4, -0.2) is 29.4 Å². The maximum absolute atomic E-state index is 10.2. The number of hydrogen-bond acceptors (Lipinski definition) is 4. The summed E-state index contributed by atoms with van der Waals surface area (Å²) >= 11 is 1.58. The van der Waals surface area contributed by atoms with Gasteiger partial charge in [0.25, 0.3) is 0 Å². The summed E-state index contributed by atoms with van der Waals surface area (Å²) in [6.07, 6.45) is 0.263. The number of thiophene rings is 1. The Morgan fingerprint density at radius 2 is 2.19 bits per heavy atom. The van der Waals surface area contributed by atoms with Crippen LogP contribution in [0.4, 0.5) is 0 Å². The van der Waals surface area contributed by atoms with Gasteiger partial charge in [-0.1, -0.05) is 19.9 Å². The Balaban J connectivity index is 2.55. The lowest BCUT2D eigenvalue weighted by molar-refractivity contribution is 0.107. The average molecular weight is 243 g/mol. The van der Waals surface area contributed by atoms with Gasteiger partial charge < -0.3 is 15.5 Å². The van der Waals surface area contributed by atoms with Crippen LogP contribution in [-0.2, 0) is 0 Å². The molecule has 0 radical (unpaired) electrons. The van der Waals surface area contributed by atoms with Gasteiger partial charge in [-0.15, -0.1) is 11.3 Å². The van der Waals surface area contributed by atoms with Crippen molar-refractivity contribution in [3.05, 3.63) is 22.4 Å². The second kappa shape index (κ2) is 7.01. The summed E-state index contributed by atoms with van der Waals surface area (Å²) in [6, 6.07) is 3.96. The molecule has 0 aromatic carbocycles. The summed E-state index contributed by atoms with van der Waals surface area (Å²) < 4.78 is 0. The molecule has 0 aliphatic rings. The van der Waals surface area contributed by atoms with Crippen molar-refractivity contribution in [2.45, 2.75) is 32.4 Å². The Hall–Kier alpha value is -0.420. The third-order valence-corrected chi connectivity index (χ3v) is 3.55. The Morgan fingerprint density at radius 1 is 1.44 bits per heavy atom. The molecule has 1 aromatic rings. The van der Waals surface area contributed by atoms with E-state index in [0.29, 0.717) is 5.92 Å². The molecule has 0 spiro atoms. The first kappa shape index (κ1) is 13.6. The molecule has 1 aromatic heterocycles. The Labute approximate surface area is 101 Å². The smallest absolute Gasteiger partial charge is 0.104 e. The van der Waals surface area contributed by atoms with E-state index in [9.17, 15) is 5.11 Å². The standard InChI is InChI=1S/C12H21NO2S/c1-9(2)11(13-6-4-7-14)12(15)10-5-3-8-16-10/h3,5,8-9,11-15H,4,6-7H2,1-2H3. The van der Waals surface area contributed by atoms with E-state index < -0.39 is 6.10 Å². The van der Waals surface area contributed by atoms with Crippen LogP contribution in [0.5, 0.6) is 0 Å². The van der Waals surface area contributed by atoms with Crippen molar-refractivity contribution in [3.8, 4) is 0 Å². The van der Waals surface area contributed by atoms with E-state index in [0.717, 1.165) is 17.8 Å². The highest BCUT2D eigenvalue weighted by molar-refractivity contribution is 7.10. The first-order valence-electron chi connectivity index (χ1n) is 5.72. The number of hydrogen-bond donors (Lipinski definition) is 3. The normalized spacial score (nSPS) is 15.3. The number of aliphatic hydroxyl groups excluding tert-OH is 2. The largest absolute Gasteiger partial charge is 0.396 e. The van der Waals surface area contributed by atoms with Crippen molar-refractivity contribution in [2.24, 2.45) is 5.92 Å². The van der Waals surface area contributed by atoms with E-state index in [1.54, 1.807) is 11.3 Å². The van der Waals surface area contributed by atoms with Crippen molar-refractivity contribution >= 4 is 11.3 Å². The molecule has 1 rings (SSSR count). The van der Waals surface area contributed by atoms with Crippen LogP contribution in [0.1, 0.15) is 31.2 Å². The fourth-order valence-corrected chi connectivity index (χ4v) is 2.45. The van der Waals surface area contributed by atoms with E-state index in [1.807, 2.05) is 17.5 Å². The van der Waals surface area contributed by atoms with Gasteiger partial charge in [-0.05, 0) is 30.3 Å². The van der Waals surface area contributed by atoms with E-state index in [4.69, 9.17) is 5.11 Å². The molecule has 1 heterocycles. The quantitative estimate of drug-likeness (QED) is 0.640. The Bertz CT molecular complexity index is 275. The van der Waals surface area contributed by atoms with Gasteiger partial charge >= 0.3 is 0 Å². The number of nitrogens with one attached hydrogen (secondary N) is 1. The zero-order valence-electron chi connectivity index (χ0n) is 9.89. The summed E-state index contributed by atoms with van der Waals surface area (Å²) in [4.78, 5) is 0.996. The molecule has 16 heavy (non-hydrogen) atoms. The van der Waals surface area contributed by atoms with Crippen LogP contribution in [0, 0.1) is 5.92 Å². The van der Waals surface area contributed by atoms with Crippen LogP contribution in [0.2, 0.25) is 0 Å². The topological polar surface area (TPSA) is 52.5 Å². The maximum atomic E-state index is 10.2. The van der Waals surface area contributed by atoms with Crippen molar-refractivity contribution in [2.75, 3.05) is 13.2 Å². The molecule has 2 atom stereocenters. The predicted molar refractivity (Wildman–Crippen MR) is 67.6 cm³/mol. The zero-order chi connectivity index (χ0) is 12.0. The fraction of sp³-hybridized carbons (Fsp3) is 0.667. The van der Waals surface area contributed by atoms with Crippen molar-refractivity contribution < 1.29 is 10.2 Å². The lowest BCUT2D eigenvalue weighted by Crippen LogP contribution is -2.39. The summed E-state index contributed by atoms with van der Waals surface area (Å²) in [5.74, 6) is 0.357. The minimum absolute atomic E-state index is 0.0465. The predicted octanol–water partition coefficient (Wildman–Crippen LogP) is 1.78. The number of rotatable bonds is 7. The van der Waals surface area contributed by atoms with Gasteiger partial charge in [0.15, 0.2) is 0 Å². The van der Waals surface area contributed by atoms with Crippen LogP contribution in [0.25, 0.3) is 0 Å². The summed E-state index contributed by atoms with van der Waals surface area (Å²) in [5, 5.41) is 24.2. The van der Waals surface area contributed by atoms with Gasteiger partial charge in [-0.2, -0.15) is 0 Å².